The lowest BCUT2D eigenvalue weighted by Crippen LogP contribution is -2.27. The smallest absolute Gasteiger partial charge is 0.119 e. The van der Waals surface area contributed by atoms with Crippen LogP contribution in [0.4, 0.5) is 0 Å². The second kappa shape index (κ2) is 9.57. The van der Waals surface area contributed by atoms with Crippen molar-refractivity contribution in [3.63, 3.8) is 0 Å². The van der Waals surface area contributed by atoms with Gasteiger partial charge in [0.05, 0.1) is 18.5 Å². The van der Waals surface area contributed by atoms with Gasteiger partial charge in [0, 0.05) is 30.8 Å². The molecule has 0 aromatic heterocycles. The van der Waals surface area contributed by atoms with Crippen molar-refractivity contribution in [3.05, 3.63) is 83.6 Å². The Labute approximate surface area is 174 Å². The molecule has 1 heterocycles. The molecule has 4 nitrogen and oxygen atoms in total. The van der Waals surface area contributed by atoms with Crippen LogP contribution in [0.3, 0.4) is 0 Å². The van der Waals surface area contributed by atoms with E-state index in [1.54, 1.807) is 7.11 Å². The normalized spacial score (nSPS) is 15.6. The van der Waals surface area contributed by atoms with Crippen LogP contribution in [0.2, 0.25) is 0 Å². The van der Waals surface area contributed by atoms with Gasteiger partial charge in [-0.1, -0.05) is 36.9 Å². The predicted octanol–water partition coefficient (Wildman–Crippen LogP) is 4.61. The molecule has 0 aliphatic carbocycles. The number of ether oxygens (including phenoxy) is 1. The third kappa shape index (κ3) is 4.77. The first-order chi connectivity index (χ1) is 14.1. The monoisotopic (exact) mass is 389 g/mol. The van der Waals surface area contributed by atoms with Crippen molar-refractivity contribution in [2.45, 2.75) is 19.9 Å². The molecule has 0 saturated heterocycles. The fourth-order valence-electron chi connectivity index (χ4n) is 3.82. The molecular weight excluding hydrogens is 358 g/mol. The largest absolute Gasteiger partial charge is 0.497 e. The number of methoxy groups -OCH3 is 1. The zero-order valence-electron chi connectivity index (χ0n) is 18.0. The van der Waals surface area contributed by atoms with Crippen LogP contribution in [0, 0.1) is 0 Å². The lowest BCUT2D eigenvalue weighted by Gasteiger charge is -2.32. The molecule has 0 atom stereocenters. The predicted molar refractivity (Wildman–Crippen MR) is 122 cm³/mol. The number of rotatable bonds is 7. The Morgan fingerprint density at radius 3 is 2.72 bits per heavy atom. The Morgan fingerprint density at radius 2 is 2.03 bits per heavy atom. The van der Waals surface area contributed by atoms with Gasteiger partial charge >= 0.3 is 0 Å². The van der Waals surface area contributed by atoms with Crippen LogP contribution in [0.5, 0.6) is 5.75 Å². The van der Waals surface area contributed by atoms with Crippen molar-refractivity contribution >= 4 is 11.4 Å². The second-order valence-electron chi connectivity index (χ2n) is 7.43. The molecule has 152 valence electrons. The molecule has 3 rings (SSSR count). The van der Waals surface area contributed by atoms with E-state index in [0.717, 1.165) is 48.8 Å². The fraction of sp³-hybridized carbons (Fsp3) is 0.320. The number of hydrogen-bond acceptors (Lipinski definition) is 4. The molecule has 0 bridgehead atoms. The van der Waals surface area contributed by atoms with Gasteiger partial charge < -0.3 is 14.5 Å². The topological polar surface area (TPSA) is 28.1 Å². The van der Waals surface area contributed by atoms with Crippen LogP contribution < -0.4 is 4.74 Å². The molecule has 4 heteroatoms. The van der Waals surface area contributed by atoms with E-state index in [9.17, 15) is 0 Å². The van der Waals surface area contributed by atoms with Gasteiger partial charge in [-0.2, -0.15) is 0 Å². The van der Waals surface area contributed by atoms with Gasteiger partial charge in [0.2, 0.25) is 0 Å². The highest BCUT2D eigenvalue weighted by Crippen LogP contribution is 2.32. The summed E-state index contributed by atoms with van der Waals surface area (Å²) in [7, 11) is 5.92. The van der Waals surface area contributed by atoms with E-state index in [-0.39, 0.29) is 0 Å². The van der Waals surface area contributed by atoms with Crippen LogP contribution in [-0.2, 0) is 13.0 Å². The van der Waals surface area contributed by atoms with Crippen LogP contribution in [0.15, 0.2) is 66.3 Å². The highest BCUT2D eigenvalue weighted by atomic mass is 16.5. The lowest BCUT2D eigenvalue weighted by atomic mass is 9.91. The van der Waals surface area contributed by atoms with Crippen LogP contribution >= 0.6 is 0 Å². The Bertz CT molecular complexity index is 927. The first kappa shape index (κ1) is 20.9. The SMILES string of the molecule is C=CN1CCc2c(CN(C)C)cccc2/C1=C/C(=NCC)c1cccc(OC)c1. The minimum Gasteiger partial charge on any atom is -0.497 e. The maximum absolute atomic E-state index is 5.42. The zero-order valence-corrected chi connectivity index (χ0v) is 18.0. The minimum absolute atomic E-state index is 0.720. The molecule has 0 N–H and O–H groups in total. The van der Waals surface area contributed by atoms with E-state index in [1.807, 2.05) is 24.4 Å². The Kier molecular flexibility index (Phi) is 6.89. The van der Waals surface area contributed by atoms with E-state index >= 15 is 0 Å². The van der Waals surface area contributed by atoms with Crippen molar-refractivity contribution in [1.82, 2.24) is 9.80 Å². The zero-order chi connectivity index (χ0) is 20.8. The molecule has 0 spiro atoms. The molecule has 0 unspecified atom stereocenters. The van der Waals surface area contributed by atoms with E-state index in [4.69, 9.17) is 9.73 Å². The average molecular weight is 390 g/mol. The third-order valence-electron chi connectivity index (χ3n) is 5.14. The maximum Gasteiger partial charge on any atom is 0.119 e. The summed E-state index contributed by atoms with van der Waals surface area (Å²) >= 11 is 0. The van der Waals surface area contributed by atoms with E-state index in [0.29, 0.717) is 0 Å². The Hall–Kier alpha value is -2.85. The molecule has 2 aromatic carbocycles. The summed E-state index contributed by atoms with van der Waals surface area (Å²) in [6.07, 6.45) is 5.13. The number of aliphatic imine (C=N–C) groups is 1. The second-order valence-corrected chi connectivity index (χ2v) is 7.43. The van der Waals surface area contributed by atoms with Gasteiger partial charge in [0.1, 0.15) is 5.75 Å². The van der Waals surface area contributed by atoms with Crippen LogP contribution in [0.1, 0.15) is 29.2 Å². The highest BCUT2D eigenvalue weighted by molar-refractivity contribution is 6.12. The molecule has 2 aromatic rings. The fourth-order valence-corrected chi connectivity index (χ4v) is 3.82. The van der Waals surface area contributed by atoms with Gasteiger partial charge in [-0.05, 0) is 63.0 Å². The van der Waals surface area contributed by atoms with Crippen molar-refractivity contribution in [2.75, 3.05) is 34.3 Å². The van der Waals surface area contributed by atoms with Crippen molar-refractivity contribution in [2.24, 2.45) is 4.99 Å². The number of allylic oxidation sites excluding steroid dienone is 1. The molecule has 1 aliphatic heterocycles. The Balaban J connectivity index is 2.12. The van der Waals surface area contributed by atoms with Crippen LogP contribution in [-0.4, -0.2) is 49.8 Å². The highest BCUT2D eigenvalue weighted by Gasteiger charge is 2.22. The summed E-state index contributed by atoms with van der Waals surface area (Å²) in [6, 6.07) is 14.7. The first-order valence-corrected chi connectivity index (χ1v) is 10.1. The number of nitrogens with zero attached hydrogens (tertiary/aromatic N) is 3. The average Bonchev–Trinajstić information content (AvgIpc) is 2.73. The molecule has 1 aliphatic rings. The third-order valence-corrected chi connectivity index (χ3v) is 5.14. The first-order valence-electron chi connectivity index (χ1n) is 10.1. The van der Waals surface area contributed by atoms with Gasteiger partial charge in [-0.25, -0.2) is 0 Å². The van der Waals surface area contributed by atoms with Gasteiger partial charge in [-0.3, -0.25) is 4.99 Å². The summed E-state index contributed by atoms with van der Waals surface area (Å²) < 4.78 is 5.42. The number of fused-ring (bicyclic) bond motifs is 1. The number of hydrogen-bond donors (Lipinski definition) is 0. The Morgan fingerprint density at radius 1 is 1.24 bits per heavy atom. The quantitative estimate of drug-likeness (QED) is 0.648. The number of benzene rings is 2. The molecule has 29 heavy (non-hydrogen) atoms. The molecule has 0 saturated carbocycles. The molecular formula is C25H31N3O. The summed E-state index contributed by atoms with van der Waals surface area (Å²) in [5.41, 5.74) is 7.24. The van der Waals surface area contributed by atoms with E-state index in [1.165, 1.54) is 16.7 Å². The summed E-state index contributed by atoms with van der Waals surface area (Å²) in [6.45, 7) is 8.69. The van der Waals surface area contributed by atoms with Crippen molar-refractivity contribution in [1.29, 1.82) is 0 Å². The van der Waals surface area contributed by atoms with Crippen molar-refractivity contribution < 1.29 is 4.74 Å². The van der Waals surface area contributed by atoms with Gasteiger partial charge in [-0.15, -0.1) is 0 Å². The van der Waals surface area contributed by atoms with Crippen LogP contribution in [0.25, 0.3) is 5.70 Å². The van der Waals surface area contributed by atoms with Crippen molar-refractivity contribution in [3.8, 4) is 5.75 Å². The summed E-state index contributed by atoms with van der Waals surface area (Å²) in [5, 5.41) is 0. The standard InChI is InChI=1S/C25H31N3O/c1-6-26-24(19-10-8-12-21(16-19)29-5)17-25-23-13-9-11-20(18-27(3)4)22(23)14-15-28(25)7-2/h7-13,16-17H,2,6,14-15,18H2,1,3-5H3/b25-17-,26-24?. The lowest BCUT2D eigenvalue weighted by molar-refractivity contribution is 0.399. The summed E-state index contributed by atoms with van der Waals surface area (Å²) in [5.74, 6) is 0.836. The van der Waals surface area contributed by atoms with E-state index < -0.39 is 0 Å². The van der Waals surface area contributed by atoms with Gasteiger partial charge in [0.25, 0.3) is 0 Å². The van der Waals surface area contributed by atoms with Gasteiger partial charge in [0.15, 0.2) is 0 Å². The summed E-state index contributed by atoms with van der Waals surface area (Å²) in [4.78, 5) is 9.24. The van der Waals surface area contributed by atoms with E-state index in [2.05, 4.69) is 67.7 Å². The molecule has 0 fully saturated rings. The minimum atomic E-state index is 0.720. The maximum atomic E-state index is 5.42. The molecule has 0 radical (unpaired) electrons. The molecule has 0 amide bonds.